The summed E-state index contributed by atoms with van der Waals surface area (Å²) in [7, 11) is 3.44. The minimum atomic E-state index is 0.178. The highest BCUT2D eigenvalue weighted by molar-refractivity contribution is 4.95. The largest absolute Gasteiger partial charge is 0.383 e. The molecule has 1 saturated carbocycles. The van der Waals surface area contributed by atoms with E-state index in [0.29, 0.717) is 6.04 Å². The van der Waals surface area contributed by atoms with Crippen LogP contribution in [0.15, 0.2) is 0 Å². The summed E-state index contributed by atoms with van der Waals surface area (Å²) in [6, 6.07) is 2.85. The van der Waals surface area contributed by atoms with Crippen molar-refractivity contribution in [1.82, 2.24) is 4.90 Å². The molecule has 0 spiro atoms. The van der Waals surface area contributed by atoms with Gasteiger partial charge in [-0.1, -0.05) is 12.8 Å². The maximum Gasteiger partial charge on any atom is 0.0672 e. The van der Waals surface area contributed by atoms with Crippen molar-refractivity contribution in [2.45, 2.75) is 31.7 Å². The van der Waals surface area contributed by atoms with Crippen LogP contribution in [-0.2, 0) is 9.47 Å². The van der Waals surface area contributed by atoms with Gasteiger partial charge in [0.2, 0.25) is 0 Å². The molecule has 2 unspecified atom stereocenters. The summed E-state index contributed by atoms with van der Waals surface area (Å²) < 4.78 is 10.3. The monoisotopic (exact) mass is 240 g/mol. The van der Waals surface area contributed by atoms with E-state index in [-0.39, 0.29) is 5.92 Å². The third kappa shape index (κ3) is 4.63. The normalized spacial score (nSPS) is 24.8. The second kappa shape index (κ2) is 8.46. The summed E-state index contributed by atoms with van der Waals surface area (Å²) in [5.74, 6) is 0.178. The molecule has 0 amide bonds. The summed E-state index contributed by atoms with van der Waals surface area (Å²) in [6.45, 7) is 3.22. The quantitative estimate of drug-likeness (QED) is 0.679. The lowest BCUT2D eigenvalue weighted by Gasteiger charge is -2.37. The Morgan fingerprint density at radius 3 is 2.24 bits per heavy atom. The molecule has 1 aliphatic carbocycles. The van der Waals surface area contributed by atoms with E-state index in [2.05, 4.69) is 11.0 Å². The summed E-state index contributed by atoms with van der Waals surface area (Å²) >= 11 is 0. The first-order chi connectivity index (χ1) is 8.33. The van der Waals surface area contributed by atoms with Crippen molar-refractivity contribution >= 4 is 0 Å². The summed E-state index contributed by atoms with van der Waals surface area (Å²) in [4.78, 5) is 2.36. The zero-order valence-electron chi connectivity index (χ0n) is 11.0. The molecule has 98 valence electrons. The molecule has 4 heteroatoms. The number of nitriles is 1. The number of ether oxygens (including phenoxy) is 2. The molecular formula is C13H24N2O2. The van der Waals surface area contributed by atoms with Crippen molar-refractivity contribution in [3.05, 3.63) is 0 Å². The van der Waals surface area contributed by atoms with Crippen molar-refractivity contribution in [1.29, 1.82) is 5.26 Å². The maximum absolute atomic E-state index is 9.22. The van der Waals surface area contributed by atoms with Crippen molar-refractivity contribution in [2.75, 3.05) is 40.5 Å². The Morgan fingerprint density at radius 1 is 1.12 bits per heavy atom. The lowest BCUT2D eigenvalue weighted by Crippen LogP contribution is -2.45. The van der Waals surface area contributed by atoms with Crippen molar-refractivity contribution < 1.29 is 9.47 Å². The summed E-state index contributed by atoms with van der Waals surface area (Å²) in [5, 5.41) is 9.22. The Hall–Kier alpha value is -0.630. The smallest absolute Gasteiger partial charge is 0.0672 e. The van der Waals surface area contributed by atoms with E-state index in [1.165, 1.54) is 12.8 Å². The topological polar surface area (TPSA) is 45.5 Å². The highest BCUT2D eigenvalue weighted by atomic mass is 16.5. The van der Waals surface area contributed by atoms with Crippen LogP contribution in [-0.4, -0.2) is 51.5 Å². The van der Waals surface area contributed by atoms with Crippen LogP contribution in [0.1, 0.15) is 25.7 Å². The SMILES string of the molecule is COCCN(CCOC)C1CCCCC1C#N. The van der Waals surface area contributed by atoms with Gasteiger partial charge in [0.05, 0.1) is 25.2 Å². The average molecular weight is 240 g/mol. The van der Waals surface area contributed by atoms with E-state index in [1.807, 2.05) is 0 Å². The predicted octanol–water partition coefficient (Wildman–Crippen LogP) is 1.66. The second-order valence-corrected chi connectivity index (χ2v) is 4.61. The van der Waals surface area contributed by atoms with Crippen LogP contribution < -0.4 is 0 Å². The number of rotatable bonds is 7. The highest BCUT2D eigenvalue weighted by Crippen LogP contribution is 2.27. The Bertz CT molecular complexity index is 232. The van der Waals surface area contributed by atoms with Gasteiger partial charge in [0.15, 0.2) is 0 Å². The fraction of sp³-hybridized carbons (Fsp3) is 0.923. The minimum Gasteiger partial charge on any atom is -0.383 e. The van der Waals surface area contributed by atoms with Gasteiger partial charge in [-0.05, 0) is 12.8 Å². The second-order valence-electron chi connectivity index (χ2n) is 4.61. The van der Waals surface area contributed by atoms with Crippen molar-refractivity contribution in [2.24, 2.45) is 5.92 Å². The molecule has 0 aromatic carbocycles. The first-order valence-electron chi connectivity index (χ1n) is 6.45. The van der Waals surface area contributed by atoms with Gasteiger partial charge in [-0.15, -0.1) is 0 Å². The standard InChI is InChI=1S/C13H24N2O2/c1-16-9-7-15(8-10-17-2)13-6-4-3-5-12(13)11-14/h12-13H,3-10H2,1-2H3. The van der Waals surface area contributed by atoms with Crippen LogP contribution in [0, 0.1) is 17.2 Å². The molecular weight excluding hydrogens is 216 g/mol. The lowest BCUT2D eigenvalue weighted by molar-refractivity contribution is 0.0607. The molecule has 0 N–H and O–H groups in total. The fourth-order valence-corrected chi connectivity index (χ4v) is 2.56. The summed E-state index contributed by atoms with van der Waals surface area (Å²) in [5.41, 5.74) is 0. The zero-order valence-corrected chi connectivity index (χ0v) is 11.0. The van der Waals surface area contributed by atoms with Crippen LogP contribution in [0.25, 0.3) is 0 Å². The average Bonchev–Trinajstić information content (AvgIpc) is 2.39. The minimum absolute atomic E-state index is 0.178. The first-order valence-corrected chi connectivity index (χ1v) is 6.45. The third-order valence-corrected chi connectivity index (χ3v) is 3.53. The van der Waals surface area contributed by atoms with Gasteiger partial charge in [-0.3, -0.25) is 4.90 Å². The molecule has 1 rings (SSSR count). The van der Waals surface area contributed by atoms with E-state index >= 15 is 0 Å². The first kappa shape index (κ1) is 14.4. The predicted molar refractivity (Wildman–Crippen MR) is 66.7 cm³/mol. The molecule has 4 nitrogen and oxygen atoms in total. The maximum atomic E-state index is 9.22. The van der Waals surface area contributed by atoms with Crippen molar-refractivity contribution in [3.63, 3.8) is 0 Å². The highest BCUT2D eigenvalue weighted by Gasteiger charge is 2.29. The molecule has 1 fully saturated rings. The Morgan fingerprint density at radius 2 is 1.71 bits per heavy atom. The zero-order chi connectivity index (χ0) is 12.5. The van der Waals surface area contributed by atoms with Gasteiger partial charge >= 0.3 is 0 Å². The Kier molecular flexibility index (Phi) is 7.18. The van der Waals surface area contributed by atoms with Gasteiger partial charge in [0, 0.05) is 33.4 Å². The molecule has 1 aliphatic rings. The van der Waals surface area contributed by atoms with Crippen LogP contribution in [0.3, 0.4) is 0 Å². The van der Waals surface area contributed by atoms with E-state index in [9.17, 15) is 5.26 Å². The van der Waals surface area contributed by atoms with E-state index in [4.69, 9.17) is 9.47 Å². The number of nitrogens with zero attached hydrogens (tertiary/aromatic N) is 2. The van der Waals surface area contributed by atoms with Gasteiger partial charge < -0.3 is 9.47 Å². The number of hydrogen-bond acceptors (Lipinski definition) is 4. The molecule has 17 heavy (non-hydrogen) atoms. The van der Waals surface area contributed by atoms with Crippen molar-refractivity contribution in [3.8, 4) is 6.07 Å². The van der Waals surface area contributed by atoms with Gasteiger partial charge in [0.25, 0.3) is 0 Å². The molecule has 0 radical (unpaired) electrons. The van der Waals surface area contributed by atoms with E-state index < -0.39 is 0 Å². The molecule has 0 aromatic heterocycles. The molecule has 0 saturated heterocycles. The van der Waals surface area contributed by atoms with Crippen LogP contribution in [0.2, 0.25) is 0 Å². The summed E-state index contributed by atoms with van der Waals surface area (Å²) in [6.07, 6.45) is 4.60. The number of methoxy groups -OCH3 is 2. The van der Waals surface area contributed by atoms with E-state index in [1.54, 1.807) is 14.2 Å². The van der Waals surface area contributed by atoms with Crippen LogP contribution >= 0.6 is 0 Å². The fourth-order valence-electron chi connectivity index (χ4n) is 2.56. The lowest BCUT2D eigenvalue weighted by atomic mass is 9.84. The molecule has 0 aliphatic heterocycles. The van der Waals surface area contributed by atoms with Gasteiger partial charge in [-0.2, -0.15) is 5.26 Å². The molecule has 0 heterocycles. The number of hydrogen-bond donors (Lipinski definition) is 0. The molecule has 0 aromatic rings. The third-order valence-electron chi connectivity index (χ3n) is 3.53. The van der Waals surface area contributed by atoms with E-state index in [0.717, 1.165) is 39.1 Å². The van der Waals surface area contributed by atoms with Gasteiger partial charge in [-0.25, -0.2) is 0 Å². The van der Waals surface area contributed by atoms with Crippen LogP contribution in [0.4, 0.5) is 0 Å². The Labute approximate surface area is 104 Å². The molecule has 2 atom stereocenters. The Balaban J connectivity index is 2.55. The van der Waals surface area contributed by atoms with Crippen LogP contribution in [0.5, 0.6) is 0 Å². The van der Waals surface area contributed by atoms with Gasteiger partial charge in [0.1, 0.15) is 0 Å². The molecule has 0 bridgehead atoms.